The molecule has 4 amide bonds. The molecule has 0 radical (unpaired) electrons. The van der Waals surface area contributed by atoms with E-state index in [1.165, 1.54) is 17.1 Å². The van der Waals surface area contributed by atoms with Crippen LogP contribution in [0.4, 0.5) is 22.8 Å². The molecule has 0 spiro atoms. The SMILES string of the molecule is C[C@@H](COC(=O)NCCCCCCN1C(=O)C=CC1O)NC(=O)N(C[C@@H]1CNC[C@@H]1F)[C@@H](c1nc(-c2cc(F)ccc2F)cn1Cc1ccccc1)C1CCOCC1. The van der Waals surface area contributed by atoms with Crippen LogP contribution in [0.5, 0.6) is 0 Å². The molecule has 3 aliphatic rings. The van der Waals surface area contributed by atoms with Gasteiger partial charge in [-0.15, -0.1) is 0 Å². The zero-order chi connectivity index (χ0) is 41.0. The smallest absolute Gasteiger partial charge is 0.407 e. The number of alkyl halides is 1. The first-order valence-corrected chi connectivity index (χ1v) is 20.2. The summed E-state index contributed by atoms with van der Waals surface area (Å²) >= 11 is 0. The Kier molecular flexibility index (Phi) is 15.2. The van der Waals surface area contributed by atoms with E-state index in [0.29, 0.717) is 64.5 Å². The molecule has 0 bridgehead atoms. The van der Waals surface area contributed by atoms with E-state index in [4.69, 9.17) is 14.5 Å². The number of halogens is 3. The highest BCUT2D eigenvalue weighted by atomic mass is 19.1. The van der Waals surface area contributed by atoms with Crippen molar-refractivity contribution in [2.75, 3.05) is 52.5 Å². The topological polar surface area (TPSA) is 150 Å². The molecule has 314 valence electrons. The lowest BCUT2D eigenvalue weighted by Crippen LogP contribution is -2.52. The van der Waals surface area contributed by atoms with Crippen LogP contribution >= 0.6 is 0 Å². The minimum Gasteiger partial charge on any atom is -0.447 e. The number of urea groups is 1. The van der Waals surface area contributed by atoms with Crippen molar-refractivity contribution in [1.29, 1.82) is 0 Å². The van der Waals surface area contributed by atoms with Crippen molar-refractivity contribution < 1.29 is 42.1 Å². The number of aromatic nitrogens is 2. The van der Waals surface area contributed by atoms with Crippen molar-refractivity contribution in [3.8, 4) is 11.3 Å². The summed E-state index contributed by atoms with van der Waals surface area (Å²) in [6.45, 7) is 4.20. The fourth-order valence-electron chi connectivity index (χ4n) is 7.77. The Hall–Kier alpha value is -4.93. The normalized spacial score (nSPS) is 20.6. The van der Waals surface area contributed by atoms with Gasteiger partial charge < -0.3 is 44.9 Å². The van der Waals surface area contributed by atoms with Crippen molar-refractivity contribution in [3.05, 3.63) is 89.9 Å². The molecule has 3 aliphatic heterocycles. The van der Waals surface area contributed by atoms with Gasteiger partial charge in [0, 0.05) is 76.2 Å². The number of nitrogens with one attached hydrogen (secondary N) is 3. The molecule has 58 heavy (non-hydrogen) atoms. The monoisotopic (exact) mass is 809 g/mol. The van der Waals surface area contributed by atoms with Gasteiger partial charge in [-0.05, 0) is 68.4 Å². The van der Waals surface area contributed by atoms with Crippen molar-refractivity contribution in [2.45, 2.75) is 76.5 Å². The summed E-state index contributed by atoms with van der Waals surface area (Å²) < 4.78 is 58.1. The first-order valence-electron chi connectivity index (χ1n) is 20.2. The molecule has 4 N–H and O–H groups in total. The predicted octanol–water partition coefficient (Wildman–Crippen LogP) is 5.31. The van der Waals surface area contributed by atoms with E-state index in [1.807, 2.05) is 34.9 Å². The third-order valence-corrected chi connectivity index (χ3v) is 10.9. The Balaban J connectivity index is 1.16. The van der Waals surface area contributed by atoms with Crippen LogP contribution in [0, 0.1) is 23.5 Å². The molecule has 0 saturated carbocycles. The number of alkyl carbamates (subject to hydrolysis) is 1. The molecule has 4 heterocycles. The number of carbonyl (C=O) groups excluding carboxylic acids is 3. The van der Waals surface area contributed by atoms with Gasteiger partial charge in [-0.3, -0.25) is 4.79 Å². The number of nitrogens with zero attached hydrogens (tertiary/aromatic N) is 4. The highest BCUT2D eigenvalue weighted by molar-refractivity contribution is 5.90. The predicted molar refractivity (Wildman–Crippen MR) is 210 cm³/mol. The van der Waals surface area contributed by atoms with Gasteiger partial charge in [0.15, 0.2) is 0 Å². The minimum absolute atomic E-state index is 0.0172. The zero-order valence-electron chi connectivity index (χ0n) is 32.8. The number of benzene rings is 2. The molecule has 5 atom stereocenters. The molecule has 6 rings (SSSR count). The van der Waals surface area contributed by atoms with Crippen LogP contribution in [0.25, 0.3) is 11.3 Å². The summed E-state index contributed by atoms with van der Waals surface area (Å²) in [4.78, 5) is 46.8. The number of carbonyl (C=O) groups is 3. The number of imidazole rings is 1. The number of unbranched alkanes of at least 4 members (excludes halogenated alkanes) is 3. The molecule has 3 aromatic rings. The summed E-state index contributed by atoms with van der Waals surface area (Å²) in [5.74, 6) is -1.70. The van der Waals surface area contributed by atoms with Gasteiger partial charge in [0.25, 0.3) is 0 Å². The average molecular weight is 810 g/mol. The van der Waals surface area contributed by atoms with Crippen LogP contribution in [0.15, 0.2) is 66.9 Å². The first kappa shape index (κ1) is 42.7. The van der Waals surface area contributed by atoms with Gasteiger partial charge in [0.2, 0.25) is 5.91 Å². The number of aliphatic hydroxyl groups is 1. The molecule has 2 saturated heterocycles. The Morgan fingerprint density at radius 3 is 2.59 bits per heavy atom. The number of hydrogen-bond acceptors (Lipinski definition) is 8. The number of aliphatic hydroxyl groups excluding tert-OH is 1. The summed E-state index contributed by atoms with van der Waals surface area (Å²) in [5, 5.41) is 18.6. The maximum absolute atomic E-state index is 15.3. The Morgan fingerprint density at radius 1 is 1.09 bits per heavy atom. The van der Waals surface area contributed by atoms with E-state index in [-0.39, 0.29) is 42.8 Å². The van der Waals surface area contributed by atoms with Gasteiger partial charge in [-0.2, -0.15) is 0 Å². The third kappa shape index (κ3) is 11.4. The van der Waals surface area contributed by atoms with Crippen molar-refractivity contribution >= 4 is 18.0 Å². The lowest BCUT2D eigenvalue weighted by Gasteiger charge is -2.40. The second kappa shape index (κ2) is 20.7. The summed E-state index contributed by atoms with van der Waals surface area (Å²) in [7, 11) is 0. The summed E-state index contributed by atoms with van der Waals surface area (Å²) in [5.41, 5.74) is 1.11. The van der Waals surface area contributed by atoms with E-state index >= 15 is 8.78 Å². The average Bonchev–Trinajstić information content (AvgIpc) is 3.92. The molecular weight excluding hydrogens is 755 g/mol. The van der Waals surface area contributed by atoms with Gasteiger partial charge >= 0.3 is 12.1 Å². The Bertz CT molecular complexity index is 1860. The van der Waals surface area contributed by atoms with E-state index < -0.39 is 54.2 Å². The number of ether oxygens (including phenoxy) is 2. The first-order chi connectivity index (χ1) is 28.1. The van der Waals surface area contributed by atoms with Crippen molar-refractivity contribution in [3.63, 3.8) is 0 Å². The van der Waals surface area contributed by atoms with Gasteiger partial charge in [0.1, 0.15) is 36.5 Å². The van der Waals surface area contributed by atoms with Crippen LogP contribution in [-0.2, 0) is 20.8 Å². The minimum atomic E-state index is -1.20. The molecule has 2 fully saturated rings. The number of rotatable bonds is 18. The quantitative estimate of drug-likeness (QED) is 0.127. The van der Waals surface area contributed by atoms with E-state index in [2.05, 4.69) is 16.0 Å². The largest absolute Gasteiger partial charge is 0.447 e. The Labute approximate surface area is 337 Å². The van der Waals surface area contributed by atoms with Gasteiger partial charge in [0.05, 0.1) is 17.8 Å². The van der Waals surface area contributed by atoms with Crippen LogP contribution in [0.3, 0.4) is 0 Å². The number of hydrogen-bond donors (Lipinski definition) is 4. The molecule has 13 nitrogen and oxygen atoms in total. The zero-order valence-corrected chi connectivity index (χ0v) is 32.8. The molecule has 1 unspecified atom stereocenters. The highest BCUT2D eigenvalue weighted by Crippen LogP contribution is 2.38. The number of amides is 4. The van der Waals surface area contributed by atoms with E-state index in [0.717, 1.165) is 43.0 Å². The molecule has 16 heteroatoms. The maximum Gasteiger partial charge on any atom is 0.407 e. The molecule has 0 aliphatic carbocycles. The maximum atomic E-state index is 15.3. The molecular formula is C42H54F3N7O6. The third-order valence-electron chi connectivity index (χ3n) is 10.9. The van der Waals surface area contributed by atoms with E-state index in [1.54, 1.807) is 18.0 Å². The molecule has 2 aromatic carbocycles. The van der Waals surface area contributed by atoms with Gasteiger partial charge in [-0.25, -0.2) is 27.7 Å². The van der Waals surface area contributed by atoms with Crippen LogP contribution in [-0.4, -0.2) is 113 Å². The second-order valence-corrected chi connectivity index (χ2v) is 15.3. The second-order valence-electron chi connectivity index (χ2n) is 15.3. The lowest BCUT2D eigenvalue weighted by molar-refractivity contribution is -0.130. The van der Waals surface area contributed by atoms with E-state index in [9.17, 15) is 23.9 Å². The fraction of sp³-hybridized carbons (Fsp3) is 0.524. The summed E-state index contributed by atoms with van der Waals surface area (Å²) in [6, 6.07) is 11.0. The Morgan fingerprint density at radius 2 is 1.86 bits per heavy atom. The summed E-state index contributed by atoms with van der Waals surface area (Å²) in [6.07, 6.45) is 5.99. The van der Waals surface area contributed by atoms with Crippen molar-refractivity contribution in [2.24, 2.45) is 11.8 Å². The fourth-order valence-corrected chi connectivity index (χ4v) is 7.77. The van der Waals surface area contributed by atoms with Crippen LogP contribution in [0.1, 0.15) is 62.9 Å². The van der Waals surface area contributed by atoms with Crippen molar-refractivity contribution in [1.82, 2.24) is 35.3 Å². The highest BCUT2D eigenvalue weighted by Gasteiger charge is 2.40. The standard InChI is InChI=1S/C42H54F3N7O6/c1-28(27-58-42(56)47-17-7-2-3-8-18-51-37(53)13-14-38(51)54)48-41(55)52(25-31-22-46-23-35(31)45)39(30-15-19-57-20-16-30)40-49-36(33-21-32(43)11-12-34(33)44)26-50(40)24-29-9-5-4-6-10-29/h4-6,9-14,21,26,28,30-31,35,37,39,46,53H,2-3,7-8,15-20,22-25,27H2,1H3,(H,47,56)(H,48,55)/t28-,31-,35-,37?,39+/m0/s1. The molecule has 1 aromatic heterocycles. The van der Waals surface area contributed by atoms with Crippen LogP contribution in [0.2, 0.25) is 0 Å². The van der Waals surface area contributed by atoms with Crippen LogP contribution < -0.4 is 16.0 Å². The lowest BCUT2D eigenvalue weighted by atomic mass is 9.89. The van der Waals surface area contributed by atoms with Gasteiger partial charge in [-0.1, -0.05) is 43.2 Å².